The Morgan fingerprint density at radius 1 is 1.11 bits per heavy atom. The number of alkyl halides is 6. The second-order valence-electron chi connectivity index (χ2n) is 5.02. The van der Waals surface area contributed by atoms with E-state index in [2.05, 4.69) is 5.10 Å². The molecule has 0 fully saturated rings. The van der Waals surface area contributed by atoms with Crippen LogP contribution in [0.1, 0.15) is 17.0 Å². The summed E-state index contributed by atoms with van der Waals surface area (Å²) >= 11 is 11.5. The number of aromatic nitrogens is 2. The molecule has 0 atom stereocenters. The van der Waals surface area contributed by atoms with Crippen molar-refractivity contribution in [3.63, 3.8) is 0 Å². The van der Waals surface area contributed by atoms with Crippen molar-refractivity contribution < 1.29 is 34.8 Å². The van der Waals surface area contributed by atoms with Crippen molar-refractivity contribution in [1.82, 2.24) is 9.78 Å². The number of rotatable bonds is 2. The van der Waals surface area contributed by atoms with E-state index in [4.69, 9.17) is 28.5 Å². The summed E-state index contributed by atoms with van der Waals surface area (Å²) in [5, 5.41) is 11.0. The quantitative estimate of drug-likeness (QED) is 0.621. The molecule has 0 bridgehead atoms. The number of benzene rings is 1. The van der Waals surface area contributed by atoms with Gasteiger partial charge in [0.05, 0.1) is 21.3 Å². The van der Waals surface area contributed by atoms with E-state index >= 15 is 0 Å². The Kier molecular flexibility index (Phi) is 5.19. The first-order valence-electron chi connectivity index (χ1n) is 6.50. The molecule has 0 spiro atoms. The predicted molar refractivity (Wildman–Crippen MR) is 81.3 cm³/mol. The molecule has 1 aromatic carbocycles. The summed E-state index contributed by atoms with van der Waals surface area (Å²) in [4.78, 5) is -1.44. The molecular weight excluding hydrogens is 447 g/mol. The average Bonchev–Trinajstić information content (AvgIpc) is 2.81. The predicted octanol–water partition coefficient (Wildman–Crippen LogP) is 4.67. The molecule has 0 saturated heterocycles. The van der Waals surface area contributed by atoms with E-state index in [0.29, 0.717) is 16.8 Å². The SMILES string of the molecule is Cc1c(S(=O)(=O)C(F)(F)F)c(C#N)nn1-c1c(Cl)cc(C(F)(F)F)cc1Cl. The number of sulfone groups is 1. The van der Waals surface area contributed by atoms with Crippen LogP contribution in [0.15, 0.2) is 17.0 Å². The third kappa shape index (κ3) is 3.59. The first-order chi connectivity index (χ1) is 12.1. The lowest BCUT2D eigenvalue weighted by molar-refractivity contribution is -0.137. The summed E-state index contributed by atoms with van der Waals surface area (Å²) in [6, 6.07) is 2.08. The number of nitrogens with zero attached hydrogens (tertiary/aromatic N) is 3. The van der Waals surface area contributed by atoms with Crippen LogP contribution in [0.5, 0.6) is 0 Å². The largest absolute Gasteiger partial charge is 0.502 e. The Balaban J connectivity index is 2.83. The second-order valence-corrected chi connectivity index (χ2v) is 7.71. The molecule has 5 nitrogen and oxygen atoms in total. The molecular formula is C13H5Cl2F6N3O2S. The summed E-state index contributed by atoms with van der Waals surface area (Å²) in [6.07, 6.45) is -4.81. The first-order valence-corrected chi connectivity index (χ1v) is 8.74. The lowest BCUT2D eigenvalue weighted by Crippen LogP contribution is -2.24. The van der Waals surface area contributed by atoms with Crippen LogP contribution in [-0.2, 0) is 16.0 Å². The fourth-order valence-corrected chi connectivity index (χ4v) is 3.84. The van der Waals surface area contributed by atoms with Gasteiger partial charge in [-0.1, -0.05) is 23.2 Å². The van der Waals surface area contributed by atoms with Gasteiger partial charge in [0.15, 0.2) is 5.69 Å². The summed E-state index contributed by atoms with van der Waals surface area (Å²) in [5.74, 6) is 0. The van der Waals surface area contributed by atoms with Gasteiger partial charge < -0.3 is 0 Å². The van der Waals surface area contributed by atoms with Crippen LogP contribution in [0, 0.1) is 18.3 Å². The molecule has 27 heavy (non-hydrogen) atoms. The summed E-state index contributed by atoms with van der Waals surface area (Å²) in [6.45, 7) is 0.872. The molecule has 0 aliphatic rings. The van der Waals surface area contributed by atoms with E-state index in [9.17, 15) is 34.8 Å². The van der Waals surface area contributed by atoms with Crippen molar-refractivity contribution in [3.8, 4) is 11.8 Å². The Bertz CT molecular complexity index is 1040. The van der Waals surface area contributed by atoms with E-state index < -0.39 is 59.1 Å². The van der Waals surface area contributed by atoms with Crippen LogP contribution >= 0.6 is 23.2 Å². The van der Waals surface area contributed by atoms with Crippen LogP contribution < -0.4 is 0 Å². The van der Waals surface area contributed by atoms with E-state index in [1.807, 2.05) is 0 Å². The van der Waals surface area contributed by atoms with Gasteiger partial charge in [0.25, 0.3) is 9.84 Å². The van der Waals surface area contributed by atoms with Gasteiger partial charge in [0.2, 0.25) is 0 Å². The van der Waals surface area contributed by atoms with Crippen molar-refractivity contribution >= 4 is 33.0 Å². The lowest BCUT2D eigenvalue weighted by atomic mass is 10.2. The van der Waals surface area contributed by atoms with Gasteiger partial charge >= 0.3 is 11.7 Å². The molecule has 0 aliphatic carbocycles. The van der Waals surface area contributed by atoms with Gasteiger partial charge in [0, 0.05) is 0 Å². The van der Waals surface area contributed by atoms with Crippen molar-refractivity contribution in [3.05, 3.63) is 39.1 Å². The zero-order valence-electron chi connectivity index (χ0n) is 12.7. The highest BCUT2D eigenvalue weighted by Crippen LogP contribution is 2.40. The van der Waals surface area contributed by atoms with Gasteiger partial charge in [-0.3, -0.25) is 0 Å². The smallest absolute Gasteiger partial charge is 0.232 e. The molecule has 0 N–H and O–H groups in total. The Morgan fingerprint density at radius 2 is 1.59 bits per heavy atom. The summed E-state index contributed by atoms with van der Waals surface area (Å²) < 4.78 is 101. The standard InChI is InChI=1S/C13H5Cl2F6N3O2S/c1-5-11(27(25,26)13(19,20)21)9(4-22)23-24(5)10-7(14)2-6(3-8(10)15)12(16,17)18/h2-3H,1H3. The number of halogens is 8. The third-order valence-electron chi connectivity index (χ3n) is 3.30. The van der Waals surface area contributed by atoms with Gasteiger partial charge in [-0.25, -0.2) is 13.1 Å². The molecule has 0 aliphatic heterocycles. The Labute approximate surface area is 157 Å². The molecule has 1 aromatic heterocycles. The zero-order valence-corrected chi connectivity index (χ0v) is 15.1. The minimum Gasteiger partial charge on any atom is -0.232 e. The maximum Gasteiger partial charge on any atom is 0.502 e. The van der Waals surface area contributed by atoms with Crippen molar-refractivity contribution in [2.24, 2.45) is 0 Å². The highest BCUT2D eigenvalue weighted by Gasteiger charge is 2.50. The van der Waals surface area contributed by atoms with E-state index in [0.717, 1.165) is 6.92 Å². The van der Waals surface area contributed by atoms with Crippen molar-refractivity contribution in [2.75, 3.05) is 0 Å². The van der Waals surface area contributed by atoms with E-state index in [1.165, 1.54) is 6.07 Å². The Morgan fingerprint density at radius 3 is 1.96 bits per heavy atom. The number of nitriles is 1. The highest BCUT2D eigenvalue weighted by atomic mass is 35.5. The number of hydrogen-bond acceptors (Lipinski definition) is 4. The molecule has 14 heteroatoms. The van der Waals surface area contributed by atoms with Crippen molar-refractivity contribution in [2.45, 2.75) is 23.5 Å². The molecule has 2 aromatic rings. The monoisotopic (exact) mass is 451 g/mol. The summed E-state index contributed by atoms with van der Waals surface area (Å²) in [5.41, 5.74) is -9.30. The van der Waals surface area contributed by atoms with Crippen LogP contribution in [0.25, 0.3) is 5.69 Å². The molecule has 0 unspecified atom stereocenters. The Hall–Kier alpha value is -1.97. The van der Waals surface area contributed by atoms with Gasteiger partial charge in [0.1, 0.15) is 16.7 Å². The van der Waals surface area contributed by atoms with Crippen LogP contribution in [-0.4, -0.2) is 23.7 Å². The fraction of sp³-hybridized carbons (Fsp3) is 0.231. The molecule has 0 saturated carbocycles. The van der Waals surface area contributed by atoms with Gasteiger partial charge in [-0.05, 0) is 19.1 Å². The summed E-state index contributed by atoms with van der Waals surface area (Å²) in [7, 11) is -5.97. The molecule has 2 rings (SSSR count). The first kappa shape index (κ1) is 21.3. The van der Waals surface area contributed by atoms with Crippen LogP contribution in [0.4, 0.5) is 26.3 Å². The average molecular weight is 452 g/mol. The minimum atomic E-state index is -5.97. The van der Waals surface area contributed by atoms with Crippen molar-refractivity contribution in [1.29, 1.82) is 5.26 Å². The van der Waals surface area contributed by atoms with Crippen LogP contribution in [0.2, 0.25) is 10.0 Å². The maximum atomic E-state index is 12.9. The van der Waals surface area contributed by atoms with Gasteiger partial charge in [-0.2, -0.15) is 36.7 Å². The molecule has 146 valence electrons. The molecule has 0 radical (unpaired) electrons. The van der Waals surface area contributed by atoms with Crippen LogP contribution in [0.3, 0.4) is 0 Å². The topological polar surface area (TPSA) is 75.8 Å². The lowest BCUT2D eigenvalue weighted by Gasteiger charge is -2.14. The molecule has 0 amide bonds. The third-order valence-corrected chi connectivity index (χ3v) is 5.51. The zero-order chi connectivity index (χ0) is 20.9. The fourth-order valence-electron chi connectivity index (χ4n) is 2.15. The van der Waals surface area contributed by atoms with E-state index in [-0.39, 0.29) is 0 Å². The second kappa shape index (κ2) is 6.57. The van der Waals surface area contributed by atoms with E-state index in [1.54, 1.807) is 0 Å². The highest BCUT2D eigenvalue weighted by molar-refractivity contribution is 7.92. The molecule has 1 heterocycles. The normalized spacial score (nSPS) is 12.9. The maximum absolute atomic E-state index is 12.9. The minimum absolute atomic E-state index is 0.438. The van der Waals surface area contributed by atoms with Gasteiger partial charge in [-0.15, -0.1) is 0 Å². The number of hydrogen-bond donors (Lipinski definition) is 0.